The fourth-order valence-corrected chi connectivity index (χ4v) is 1.63. The molecule has 0 aliphatic carbocycles. The third-order valence-electron chi connectivity index (χ3n) is 1.65. The first kappa shape index (κ1) is 13.1. The van der Waals surface area contributed by atoms with Crippen molar-refractivity contribution in [2.75, 3.05) is 12.4 Å². The van der Waals surface area contributed by atoms with E-state index >= 15 is 0 Å². The summed E-state index contributed by atoms with van der Waals surface area (Å²) in [5, 5.41) is 0.1000. The van der Waals surface area contributed by atoms with Gasteiger partial charge in [-0.2, -0.15) is 8.42 Å². The van der Waals surface area contributed by atoms with Crippen LogP contribution in [0.4, 0.5) is 0 Å². The maximum Gasteiger partial charge on any atom is 0.310 e. The first-order valence-corrected chi connectivity index (χ1v) is 6.64. The Kier molecular flexibility index (Phi) is 4.37. The van der Waals surface area contributed by atoms with Gasteiger partial charge >= 0.3 is 10.1 Å². The Morgan fingerprint density at radius 1 is 1.44 bits per heavy atom. The maximum absolute atomic E-state index is 11.2. The molecule has 0 atom stereocenters. The molecule has 7 heteroatoms. The van der Waals surface area contributed by atoms with Crippen molar-refractivity contribution in [1.82, 2.24) is 4.98 Å². The summed E-state index contributed by atoms with van der Waals surface area (Å²) < 4.78 is 32.2. The molecule has 1 rings (SSSR count). The highest BCUT2D eigenvalue weighted by molar-refractivity contribution is 7.87. The summed E-state index contributed by atoms with van der Waals surface area (Å²) in [7, 11) is -3.61. The Bertz CT molecular complexity index is 461. The minimum Gasteiger partial charge on any atom is -0.492 e. The number of nitrogens with zero attached hydrogens (tertiary/aromatic N) is 1. The average Bonchev–Trinajstić information content (AvgIpc) is 2.23. The summed E-state index contributed by atoms with van der Waals surface area (Å²) in [4.78, 5) is 3.77. The van der Waals surface area contributed by atoms with E-state index in [1.54, 1.807) is 0 Å². The SMILES string of the molecule is CCOc1cnc(OS(=O)(=O)CC)c(Cl)c1. The molecule has 0 saturated heterocycles. The topological polar surface area (TPSA) is 65.5 Å². The van der Waals surface area contributed by atoms with Crippen LogP contribution in [0, 0.1) is 0 Å². The smallest absolute Gasteiger partial charge is 0.310 e. The summed E-state index contributed by atoms with van der Waals surface area (Å²) in [5.74, 6) is 0.193. The van der Waals surface area contributed by atoms with Gasteiger partial charge in [0.1, 0.15) is 10.8 Å². The highest BCUT2D eigenvalue weighted by Crippen LogP contribution is 2.26. The van der Waals surface area contributed by atoms with Crippen molar-refractivity contribution in [1.29, 1.82) is 0 Å². The lowest BCUT2D eigenvalue weighted by Crippen LogP contribution is -2.12. The number of ether oxygens (including phenoxy) is 1. The molecule has 1 aromatic rings. The molecule has 0 aliphatic rings. The molecule has 0 aromatic carbocycles. The Labute approximate surface area is 99.5 Å². The predicted octanol–water partition coefficient (Wildman–Crippen LogP) is 1.86. The first-order valence-electron chi connectivity index (χ1n) is 4.69. The van der Waals surface area contributed by atoms with Crippen LogP contribution in [0.2, 0.25) is 5.02 Å². The Balaban J connectivity index is 2.91. The van der Waals surface area contributed by atoms with E-state index in [1.165, 1.54) is 19.2 Å². The molecule has 0 saturated carbocycles. The maximum atomic E-state index is 11.2. The van der Waals surface area contributed by atoms with Crippen molar-refractivity contribution in [2.24, 2.45) is 0 Å². The summed E-state index contributed by atoms with van der Waals surface area (Å²) in [6.45, 7) is 3.77. The van der Waals surface area contributed by atoms with Crippen molar-refractivity contribution in [3.05, 3.63) is 17.3 Å². The molecule has 0 bridgehead atoms. The third-order valence-corrected chi connectivity index (χ3v) is 3.04. The molecule has 0 aliphatic heterocycles. The molecule has 16 heavy (non-hydrogen) atoms. The van der Waals surface area contributed by atoms with Gasteiger partial charge in [-0.15, -0.1) is 0 Å². The molecule has 1 aromatic heterocycles. The number of pyridine rings is 1. The summed E-state index contributed by atoms with van der Waals surface area (Å²) >= 11 is 5.80. The number of aromatic nitrogens is 1. The fourth-order valence-electron chi connectivity index (χ4n) is 0.894. The van der Waals surface area contributed by atoms with Gasteiger partial charge in [-0.25, -0.2) is 4.98 Å². The molecule has 0 spiro atoms. The van der Waals surface area contributed by atoms with Gasteiger partial charge in [-0.1, -0.05) is 11.6 Å². The van der Waals surface area contributed by atoms with Crippen LogP contribution in [0.1, 0.15) is 13.8 Å². The monoisotopic (exact) mass is 265 g/mol. The minimum absolute atomic E-state index is 0.1000. The number of hydrogen-bond acceptors (Lipinski definition) is 5. The van der Waals surface area contributed by atoms with E-state index in [0.29, 0.717) is 12.4 Å². The van der Waals surface area contributed by atoms with E-state index in [1.807, 2.05) is 6.92 Å². The molecule has 0 radical (unpaired) electrons. The highest BCUT2D eigenvalue weighted by Gasteiger charge is 2.14. The van der Waals surface area contributed by atoms with Crippen molar-refractivity contribution in [3.63, 3.8) is 0 Å². The normalized spacial score (nSPS) is 11.2. The van der Waals surface area contributed by atoms with Crippen LogP contribution in [0.5, 0.6) is 11.6 Å². The summed E-state index contributed by atoms with van der Waals surface area (Å²) in [5.41, 5.74) is 0. The van der Waals surface area contributed by atoms with Gasteiger partial charge in [-0.3, -0.25) is 0 Å². The highest BCUT2D eigenvalue weighted by atomic mass is 35.5. The lowest BCUT2D eigenvalue weighted by atomic mass is 10.4. The van der Waals surface area contributed by atoms with Gasteiger partial charge in [0, 0.05) is 6.07 Å². The Hall–Kier alpha value is -1.01. The van der Waals surface area contributed by atoms with E-state index in [2.05, 4.69) is 9.17 Å². The van der Waals surface area contributed by atoms with Crippen molar-refractivity contribution < 1.29 is 17.3 Å². The zero-order chi connectivity index (χ0) is 12.2. The summed E-state index contributed by atoms with van der Waals surface area (Å²) in [6, 6.07) is 1.46. The second kappa shape index (κ2) is 5.36. The third kappa shape index (κ3) is 3.53. The van der Waals surface area contributed by atoms with Crippen LogP contribution in [0.15, 0.2) is 12.3 Å². The lowest BCUT2D eigenvalue weighted by Gasteiger charge is -2.07. The molecule has 0 N–H and O–H groups in total. The van der Waals surface area contributed by atoms with Crippen LogP contribution in [-0.2, 0) is 10.1 Å². The van der Waals surface area contributed by atoms with E-state index < -0.39 is 10.1 Å². The molecule has 90 valence electrons. The van der Waals surface area contributed by atoms with Crippen molar-refractivity contribution in [3.8, 4) is 11.6 Å². The van der Waals surface area contributed by atoms with Gasteiger partial charge in [0.15, 0.2) is 0 Å². The van der Waals surface area contributed by atoms with Gasteiger partial charge in [0.25, 0.3) is 5.88 Å². The molecule has 0 fully saturated rings. The van der Waals surface area contributed by atoms with Crippen LogP contribution in [0.3, 0.4) is 0 Å². The quantitative estimate of drug-likeness (QED) is 0.761. The average molecular weight is 266 g/mol. The second-order valence-corrected chi connectivity index (χ2v) is 5.09. The van der Waals surface area contributed by atoms with Crippen LogP contribution in [-0.4, -0.2) is 25.8 Å². The summed E-state index contributed by atoms with van der Waals surface area (Å²) in [6.07, 6.45) is 1.36. The zero-order valence-corrected chi connectivity index (χ0v) is 10.5. The fraction of sp³-hybridized carbons (Fsp3) is 0.444. The minimum atomic E-state index is -3.61. The standard InChI is InChI=1S/C9H12ClNO4S/c1-3-14-7-5-8(10)9(11-6-7)15-16(12,13)4-2/h5-6H,3-4H2,1-2H3. The van der Waals surface area contributed by atoms with Gasteiger partial charge in [0.05, 0.1) is 18.6 Å². The molecule has 0 unspecified atom stereocenters. The Morgan fingerprint density at radius 2 is 2.12 bits per heavy atom. The molecule has 0 amide bonds. The molecular weight excluding hydrogens is 254 g/mol. The van der Waals surface area contributed by atoms with Crippen LogP contribution >= 0.6 is 11.6 Å². The zero-order valence-electron chi connectivity index (χ0n) is 8.94. The predicted molar refractivity (Wildman–Crippen MR) is 60.5 cm³/mol. The molecule has 1 heterocycles. The van der Waals surface area contributed by atoms with E-state index in [4.69, 9.17) is 16.3 Å². The van der Waals surface area contributed by atoms with Crippen molar-refractivity contribution >= 4 is 21.7 Å². The first-order chi connectivity index (χ1) is 7.48. The molecular formula is C9H12ClNO4S. The number of rotatable bonds is 5. The molecule has 5 nitrogen and oxygen atoms in total. The van der Waals surface area contributed by atoms with Gasteiger partial charge in [-0.05, 0) is 13.8 Å². The van der Waals surface area contributed by atoms with E-state index in [9.17, 15) is 8.42 Å². The van der Waals surface area contributed by atoms with E-state index in [0.717, 1.165) is 0 Å². The number of hydrogen-bond donors (Lipinski definition) is 0. The van der Waals surface area contributed by atoms with Gasteiger partial charge < -0.3 is 8.92 Å². The largest absolute Gasteiger partial charge is 0.492 e. The second-order valence-electron chi connectivity index (χ2n) is 2.82. The van der Waals surface area contributed by atoms with Gasteiger partial charge in [0.2, 0.25) is 0 Å². The lowest BCUT2D eigenvalue weighted by molar-refractivity contribution is 0.338. The van der Waals surface area contributed by atoms with Crippen molar-refractivity contribution in [2.45, 2.75) is 13.8 Å². The number of halogens is 1. The van der Waals surface area contributed by atoms with Crippen LogP contribution in [0.25, 0.3) is 0 Å². The van der Waals surface area contributed by atoms with E-state index in [-0.39, 0.29) is 16.7 Å². The Morgan fingerprint density at radius 3 is 2.62 bits per heavy atom. The van der Waals surface area contributed by atoms with Crippen LogP contribution < -0.4 is 8.92 Å².